The molecule has 0 heterocycles. The summed E-state index contributed by atoms with van der Waals surface area (Å²) in [5.74, 6) is 0.760. The average molecular weight is 205 g/mol. The van der Waals surface area contributed by atoms with Crippen LogP contribution in [-0.2, 0) is 10.8 Å². The number of aliphatic hydroxyl groups excluding tert-OH is 1. The van der Waals surface area contributed by atoms with Crippen LogP contribution in [0, 0.1) is 0 Å². The maximum absolute atomic E-state index is 10.7. The molecule has 0 radical (unpaired) electrons. The normalized spacial score (nSPS) is 30.6. The van der Waals surface area contributed by atoms with Crippen LogP contribution in [0.15, 0.2) is 0 Å². The molecule has 1 rings (SSSR count). The summed E-state index contributed by atoms with van der Waals surface area (Å²) in [5, 5.41) is 12.8. The molecule has 1 saturated carbocycles. The van der Waals surface area contributed by atoms with Gasteiger partial charge in [0.2, 0.25) is 0 Å². The van der Waals surface area contributed by atoms with Crippen LogP contribution in [0.5, 0.6) is 0 Å². The summed E-state index contributed by atoms with van der Waals surface area (Å²) < 4.78 is 10.7. The van der Waals surface area contributed by atoms with E-state index in [1.54, 1.807) is 6.26 Å². The maximum Gasteiger partial charge on any atom is 0.0693 e. The first-order valence-corrected chi connectivity index (χ1v) is 6.64. The van der Waals surface area contributed by atoms with Gasteiger partial charge < -0.3 is 10.4 Å². The number of nitrogens with one attached hydrogen (secondary N) is 1. The van der Waals surface area contributed by atoms with Crippen molar-refractivity contribution in [2.24, 2.45) is 0 Å². The van der Waals surface area contributed by atoms with Crippen LogP contribution >= 0.6 is 0 Å². The quantitative estimate of drug-likeness (QED) is 0.633. The molecule has 1 unspecified atom stereocenters. The van der Waals surface area contributed by atoms with Crippen LogP contribution in [0.4, 0.5) is 0 Å². The fraction of sp³-hybridized carbons (Fsp3) is 1.00. The Labute approximate surface area is 82.4 Å². The minimum Gasteiger partial charge on any atom is -0.392 e. The Balaban J connectivity index is 2.02. The third-order valence-corrected chi connectivity index (χ3v) is 3.36. The van der Waals surface area contributed by atoms with Gasteiger partial charge in [-0.15, -0.1) is 0 Å². The van der Waals surface area contributed by atoms with E-state index < -0.39 is 10.8 Å². The maximum atomic E-state index is 10.7. The fourth-order valence-corrected chi connectivity index (χ4v) is 2.29. The third kappa shape index (κ3) is 4.20. The summed E-state index contributed by atoms with van der Waals surface area (Å²) in [5.41, 5.74) is 0. The molecule has 0 aromatic heterocycles. The lowest BCUT2D eigenvalue weighted by Crippen LogP contribution is -2.36. The van der Waals surface area contributed by atoms with E-state index in [0.29, 0.717) is 0 Å². The van der Waals surface area contributed by atoms with E-state index in [1.165, 1.54) is 0 Å². The Morgan fingerprint density at radius 2 is 2.31 bits per heavy atom. The van der Waals surface area contributed by atoms with Gasteiger partial charge in [0.05, 0.1) is 6.10 Å². The van der Waals surface area contributed by atoms with Crippen molar-refractivity contribution in [3.63, 3.8) is 0 Å². The zero-order chi connectivity index (χ0) is 9.68. The smallest absolute Gasteiger partial charge is 0.0693 e. The summed E-state index contributed by atoms with van der Waals surface area (Å²) in [4.78, 5) is 0. The SMILES string of the molecule is CS(=O)CCCN[C@H]1CCC[C@@H]1O. The molecule has 0 aromatic carbocycles. The van der Waals surface area contributed by atoms with Crippen molar-refractivity contribution >= 4 is 10.8 Å². The van der Waals surface area contributed by atoms with E-state index in [-0.39, 0.29) is 12.1 Å². The molecule has 1 aliphatic carbocycles. The van der Waals surface area contributed by atoms with Gasteiger partial charge in [-0.05, 0) is 32.2 Å². The van der Waals surface area contributed by atoms with E-state index in [1.807, 2.05) is 0 Å². The fourth-order valence-electron chi connectivity index (χ4n) is 1.74. The van der Waals surface area contributed by atoms with Crippen molar-refractivity contribution in [2.75, 3.05) is 18.6 Å². The summed E-state index contributed by atoms with van der Waals surface area (Å²) in [6, 6.07) is 0.283. The molecule has 0 aromatic rings. The highest BCUT2D eigenvalue weighted by atomic mass is 32.2. The molecule has 78 valence electrons. The number of rotatable bonds is 5. The lowest BCUT2D eigenvalue weighted by Gasteiger charge is -2.15. The molecule has 0 spiro atoms. The first-order chi connectivity index (χ1) is 6.20. The van der Waals surface area contributed by atoms with Gasteiger partial charge >= 0.3 is 0 Å². The van der Waals surface area contributed by atoms with E-state index in [2.05, 4.69) is 5.32 Å². The minimum absolute atomic E-state index is 0.160. The molecule has 1 aliphatic rings. The first kappa shape index (κ1) is 11.1. The predicted octanol–water partition coefficient (Wildman–Crippen LogP) is 0.258. The Bertz CT molecular complexity index is 175. The minimum atomic E-state index is -0.680. The van der Waals surface area contributed by atoms with Crippen molar-refractivity contribution in [3.05, 3.63) is 0 Å². The first-order valence-electron chi connectivity index (χ1n) is 4.91. The summed E-state index contributed by atoms with van der Waals surface area (Å²) in [6.45, 7) is 0.876. The average Bonchev–Trinajstić information content (AvgIpc) is 2.45. The molecule has 0 amide bonds. The predicted molar refractivity (Wildman–Crippen MR) is 55.2 cm³/mol. The largest absolute Gasteiger partial charge is 0.392 e. The van der Waals surface area contributed by atoms with Gasteiger partial charge in [0.25, 0.3) is 0 Å². The second kappa shape index (κ2) is 5.73. The zero-order valence-corrected chi connectivity index (χ0v) is 8.98. The number of hydrogen-bond donors (Lipinski definition) is 2. The highest BCUT2D eigenvalue weighted by molar-refractivity contribution is 7.84. The van der Waals surface area contributed by atoms with Crippen molar-refractivity contribution in [1.82, 2.24) is 5.32 Å². The lowest BCUT2D eigenvalue weighted by molar-refractivity contribution is 0.149. The van der Waals surface area contributed by atoms with E-state index >= 15 is 0 Å². The van der Waals surface area contributed by atoms with Gasteiger partial charge in [0, 0.05) is 28.9 Å². The van der Waals surface area contributed by atoms with E-state index in [9.17, 15) is 9.32 Å². The molecule has 0 aliphatic heterocycles. The van der Waals surface area contributed by atoms with Crippen molar-refractivity contribution in [1.29, 1.82) is 0 Å². The number of aliphatic hydroxyl groups is 1. The Morgan fingerprint density at radius 1 is 1.54 bits per heavy atom. The Kier molecular flexibility index (Phi) is 4.91. The van der Waals surface area contributed by atoms with Gasteiger partial charge in [-0.25, -0.2) is 0 Å². The van der Waals surface area contributed by atoms with Crippen LogP contribution in [0.2, 0.25) is 0 Å². The highest BCUT2D eigenvalue weighted by Gasteiger charge is 2.23. The second-order valence-corrected chi connectivity index (χ2v) is 5.24. The molecule has 0 saturated heterocycles. The Hall–Kier alpha value is 0.0700. The van der Waals surface area contributed by atoms with Crippen LogP contribution in [0.3, 0.4) is 0 Å². The molecule has 4 heteroatoms. The monoisotopic (exact) mass is 205 g/mol. The summed E-state index contributed by atoms with van der Waals surface area (Å²) in [7, 11) is -0.680. The van der Waals surface area contributed by atoms with Gasteiger partial charge in [-0.2, -0.15) is 0 Å². The van der Waals surface area contributed by atoms with Gasteiger partial charge in [-0.3, -0.25) is 4.21 Å². The van der Waals surface area contributed by atoms with Crippen LogP contribution < -0.4 is 5.32 Å². The molecular weight excluding hydrogens is 186 g/mol. The van der Waals surface area contributed by atoms with Crippen molar-refractivity contribution in [2.45, 2.75) is 37.8 Å². The van der Waals surface area contributed by atoms with Crippen molar-refractivity contribution in [3.8, 4) is 0 Å². The molecular formula is C9H19NO2S. The van der Waals surface area contributed by atoms with Gasteiger partial charge in [0.15, 0.2) is 0 Å². The van der Waals surface area contributed by atoms with E-state index in [0.717, 1.165) is 38.0 Å². The summed E-state index contributed by atoms with van der Waals surface area (Å²) in [6.07, 6.45) is 5.63. The van der Waals surface area contributed by atoms with Gasteiger partial charge in [0.1, 0.15) is 0 Å². The molecule has 0 bridgehead atoms. The highest BCUT2D eigenvalue weighted by Crippen LogP contribution is 2.18. The molecule has 1 fully saturated rings. The lowest BCUT2D eigenvalue weighted by atomic mass is 10.2. The molecule has 2 N–H and O–H groups in total. The van der Waals surface area contributed by atoms with Crippen LogP contribution in [0.25, 0.3) is 0 Å². The van der Waals surface area contributed by atoms with Crippen LogP contribution in [-0.4, -0.2) is 40.0 Å². The number of hydrogen-bond acceptors (Lipinski definition) is 3. The third-order valence-electron chi connectivity index (χ3n) is 2.49. The Morgan fingerprint density at radius 3 is 2.85 bits per heavy atom. The molecule has 3 atom stereocenters. The topological polar surface area (TPSA) is 49.3 Å². The van der Waals surface area contributed by atoms with Crippen molar-refractivity contribution < 1.29 is 9.32 Å². The molecule has 3 nitrogen and oxygen atoms in total. The zero-order valence-electron chi connectivity index (χ0n) is 8.16. The summed E-state index contributed by atoms with van der Waals surface area (Å²) >= 11 is 0. The van der Waals surface area contributed by atoms with Gasteiger partial charge in [-0.1, -0.05) is 0 Å². The standard InChI is InChI=1S/C9H19NO2S/c1-13(12)7-3-6-10-8-4-2-5-9(8)11/h8-11H,2-7H2,1H3/t8-,9-,13?/m0/s1. The van der Waals surface area contributed by atoms with E-state index in [4.69, 9.17) is 0 Å². The second-order valence-electron chi connectivity index (χ2n) is 3.69. The van der Waals surface area contributed by atoms with Crippen LogP contribution in [0.1, 0.15) is 25.7 Å². The molecule has 13 heavy (non-hydrogen) atoms.